The molecule has 0 saturated heterocycles. The largest absolute Gasteiger partial charge is 0.405 e. The summed E-state index contributed by atoms with van der Waals surface area (Å²) in [6.45, 7) is 0.717. The summed E-state index contributed by atoms with van der Waals surface area (Å²) in [5.74, 6) is -2.70. The number of nitrogens with one attached hydrogen (secondary N) is 1. The van der Waals surface area contributed by atoms with Crippen LogP contribution < -0.4 is 10.2 Å². The van der Waals surface area contributed by atoms with E-state index in [4.69, 9.17) is 0 Å². The lowest BCUT2D eigenvalue weighted by molar-refractivity contribution is -0.120. The Morgan fingerprint density at radius 2 is 1.95 bits per heavy atom. The van der Waals surface area contributed by atoms with Crippen LogP contribution in [-0.4, -0.2) is 30.3 Å². The molecule has 0 radical (unpaired) electrons. The Balaban J connectivity index is 2.34. The minimum atomic E-state index is -4.47. The number of alkyl halides is 3. The summed E-state index contributed by atoms with van der Waals surface area (Å²) in [4.78, 5) is 4.53. The highest BCUT2D eigenvalue weighted by Crippen LogP contribution is 2.35. The van der Waals surface area contributed by atoms with Gasteiger partial charge >= 0.3 is 6.18 Å². The Morgan fingerprint density at radius 3 is 2.45 bits per heavy atom. The zero-order chi connectivity index (χ0) is 14.9. The highest BCUT2D eigenvalue weighted by atomic mass is 19.4. The highest BCUT2D eigenvalue weighted by molar-refractivity contribution is 5.51. The molecular weight excluding hydrogens is 281 g/mol. The van der Waals surface area contributed by atoms with Gasteiger partial charge in [-0.3, -0.25) is 0 Å². The van der Waals surface area contributed by atoms with Crippen molar-refractivity contribution in [1.29, 1.82) is 0 Å². The van der Waals surface area contributed by atoms with Crippen LogP contribution in [0.2, 0.25) is 0 Å². The molecule has 0 aromatic carbocycles. The lowest BCUT2D eigenvalue weighted by atomic mass is 10.3. The van der Waals surface area contributed by atoms with Gasteiger partial charge in [-0.25, -0.2) is 13.8 Å². The van der Waals surface area contributed by atoms with E-state index in [0.29, 0.717) is 25.5 Å². The lowest BCUT2D eigenvalue weighted by Crippen LogP contribution is -2.37. The number of nitrogens with zero attached hydrogens (tertiary/aromatic N) is 2. The fourth-order valence-electron chi connectivity index (χ4n) is 1.91. The van der Waals surface area contributed by atoms with Gasteiger partial charge in [-0.05, 0) is 19.8 Å². The molecule has 1 saturated carbocycles. The summed E-state index contributed by atoms with van der Waals surface area (Å²) < 4.78 is 64.8. The number of rotatable bonds is 5. The summed E-state index contributed by atoms with van der Waals surface area (Å²) in [5, 5.41) is 2.56. The molecule has 1 N–H and O–H groups in total. The van der Waals surface area contributed by atoms with Crippen LogP contribution in [0.5, 0.6) is 0 Å². The molecule has 0 atom stereocenters. The summed E-state index contributed by atoms with van der Waals surface area (Å²) in [6.07, 6.45) is -3.38. The van der Waals surface area contributed by atoms with E-state index >= 15 is 0 Å². The van der Waals surface area contributed by atoms with E-state index in [-0.39, 0.29) is 5.82 Å². The normalized spacial score (nSPS) is 15.3. The van der Waals surface area contributed by atoms with E-state index in [1.807, 2.05) is 0 Å². The molecule has 0 bridgehead atoms. The Labute approximate surface area is 112 Å². The minimum Gasteiger partial charge on any atom is -0.368 e. The predicted octanol–water partition coefficient (Wildman–Crippen LogP) is 3.32. The summed E-state index contributed by atoms with van der Waals surface area (Å²) in [7, 11) is 0. The average molecular weight is 295 g/mol. The maximum atomic E-state index is 13.7. The molecule has 0 unspecified atom stereocenters. The van der Waals surface area contributed by atoms with Crippen LogP contribution in [0.1, 0.15) is 19.8 Å². The number of hydrogen-bond acceptors (Lipinski definition) is 3. The summed E-state index contributed by atoms with van der Waals surface area (Å²) in [5.41, 5.74) is 0. The maximum Gasteiger partial charge on any atom is 0.405 e. The second-order valence-electron chi connectivity index (χ2n) is 4.63. The second kappa shape index (κ2) is 5.41. The Morgan fingerprint density at radius 1 is 1.30 bits per heavy atom. The number of hydrogen-bond donors (Lipinski definition) is 1. The molecule has 20 heavy (non-hydrogen) atoms. The fourth-order valence-corrected chi connectivity index (χ4v) is 1.91. The monoisotopic (exact) mass is 295 g/mol. The molecule has 1 fully saturated rings. The SMILES string of the molecule is CCNc1nc(N(CC(F)(F)F)C2CC2)c(F)cc1F. The third-order valence-corrected chi connectivity index (χ3v) is 2.86. The van der Waals surface area contributed by atoms with E-state index in [1.165, 1.54) is 0 Å². The first-order chi connectivity index (χ1) is 9.31. The number of aromatic nitrogens is 1. The van der Waals surface area contributed by atoms with Crippen molar-refractivity contribution in [2.75, 3.05) is 23.3 Å². The van der Waals surface area contributed by atoms with Gasteiger partial charge < -0.3 is 10.2 Å². The number of halogens is 5. The van der Waals surface area contributed by atoms with Gasteiger partial charge in [0.05, 0.1) is 0 Å². The van der Waals surface area contributed by atoms with Crippen LogP contribution in [0.25, 0.3) is 0 Å². The molecule has 0 amide bonds. The second-order valence-corrected chi connectivity index (χ2v) is 4.63. The first kappa shape index (κ1) is 14.8. The van der Waals surface area contributed by atoms with E-state index < -0.39 is 36.2 Å². The quantitative estimate of drug-likeness (QED) is 0.845. The van der Waals surface area contributed by atoms with Crippen LogP contribution in [0.3, 0.4) is 0 Å². The van der Waals surface area contributed by atoms with Crippen molar-refractivity contribution in [2.45, 2.75) is 32.0 Å². The van der Waals surface area contributed by atoms with Crippen LogP contribution >= 0.6 is 0 Å². The summed E-state index contributed by atoms with van der Waals surface area (Å²) >= 11 is 0. The summed E-state index contributed by atoms with van der Waals surface area (Å²) in [6, 6.07) is 0.171. The van der Waals surface area contributed by atoms with Gasteiger partial charge in [0.2, 0.25) is 0 Å². The van der Waals surface area contributed by atoms with E-state index in [0.717, 1.165) is 4.90 Å². The maximum absolute atomic E-state index is 13.7. The van der Waals surface area contributed by atoms with Gasteiger partial charge in [0.25, 0.3) is 0 Å². The molecule has 3 nitrogen and oxygen atoms in total. The van der Waals surface area contributed by atoms with Crippen molar-refractivity contribution in [3.63, 3.8) is 0 Å². The molecular formula is C12H14F5N3. The number of pyridine rings is 1. The van der Waals surface area contributed by atoms with E-state index in [1.54, 1.807) is 6.92 Å². The third kappa shape index (κ3) is 3.49. The van der Waals surface area contributed by atoms with Crippen molar-refractivity contribution in [2.24, 2.45) is 0 Å². The van der Waals surface area contributed by atoms with Crippen LogP contribution in [-0.2, 0) is 0 Å². The fraction of sp³-hybridized carbons (Fsp3) is 0.583. The van der Waals surface area contributed by atoms with Gasteiger partial charge in [-0.2, -0.15) is 13.2 Å². The lowest BCUT2D eigenvalue weighted by Gasteiger charge is -2.25. The standard InChI is InChI=1S/C12H14F5N3/c1-2-18-10-8(13)5-9(14)11(19-10)20(7-3-4-7)6-12(15,16)17/h5,7H,2-4,6H2,1H3,(H,18,19). The van der Waals surface area contributed by atoms with Crippen molar-refractivity contribution < 1.29 is 22.0 Å². The molecule has 2 rings (SSSR count). The molecule has 1 aromatic rings. The zero-order valence-electron chi connectivity index (χ0n) is 10.8. The molecule has 0 aliphatic heterocycles. The number of anilines is 2. The topological polar surface area (TPSA) is 28.2 Å². The Bertz CT molecular complexity index is 485. The van der Waals surface area contributed by atoms with E-state index in [2.05, 4.69) is 10.3 Å². The van der Waals surface area contributed by atoms with Crippen molar-refractivity contribution in [3.8, 4) is 0 Å². The molecule has 0 spiro atoms. The van der Waals surface area contributed by atoms with Gasteiger partial charge in [0, 0.05) is 18.7 Å². The van der Waals surface area contributed by atoms with Crippen LogP contribution in [0, 0.1) is 11.6 Å². The van der Waals surface area contributed by atoms with E-state index in [9.17, 15) is 22.0 Å². The predicted molar refractivity (Wildman–Crippen MR) is 64.7 cm³/mol. The zero-order valence-corrected chi connectivity index (χ0v) is 10.8. The molecule has 1 heterocycles. The van der Waals surface area contributed by atoms with Crippen LogP contribution in [0.15, 0.2) is 6.07 Å². The first-order valence-electron chi connectivity index (χ1n) is 6.25. The smallest absolute Gasteiger partial charge is 0.368 e. The molecule has 8 heteroatoms. The van der Waals surface area contributed by atoms with Gasteiger partial charge in [0.15, 0.2) is 23.3 Å². The van der Waals surface area contributed by atoms with Gasteiger partial charge in [0.1, 0.15) is 6.54 Å². The average Bonchev–Trinajstić information content (AvgIpc) is 3.13. The van der Waals surface area contributed by atoms with Crippen molar-refractivity contribution >= 4 is 11.6 Å². The first-order valence-corrected chi connectivity index (χ1v) is 6.25. The molecule has 112 valence electrons. The minimum absolute atomic E-state index is 0.239. The van der Waals surface area contributed by atoms with Gasteiger partial charge in [-0.1, -0.05) is 0 Å². The molecule has 1 aliphatic rings. The van der Waals surface area contributed by atoms with Crippen molar-refractivity contribution in [1.82, 2.24) is 4.98 Å². The van der Waals surface area contributed by atoms with Crippen LogP contribution in [0.4, 0.5) is 33.6 Å². The highest BCUT2D eigenvalue weighted by Gasteiger charge is 2.40. The third-order valence-electron chi connectivity index (χ3n) is 2.86. The molecule has 1 aromatic heterocycles. The Hall–Kier alpha value is -1.60. The van der Waals surface area contributed by atoms with Gasteiger partial charge in [-0.15, -0.1) is 0 Å². The van der Waals surface area contributed by atoms with Crippen molar-refractivity contribution in [3.05, 3.63) is 17.7 Å². The Kier molecular flexibility index (Phi) is 4.01. The molecule has 1 aliphatic carbocycles.